The van der Waals surface area contributed by atoms with Crippen molar-refractivity contribution in [1.82, 2.24) is 20.3 Å². The molecule has 0 fully saturated rings. The van der Waals surface area contributed by atoms with Gasteiger partial charge in [0.25, 0.3) is 5.91 Å². The Morgan fingerprint density at radius 3 is 2.91 bits per heavy atom. The summed E-state index contributed by atoms with van der Waals surface area (Å²) < 4.78 is 5.00. The van der Waals surface area contributed by atoms with Gasteiger partial charge in [0.15, 0.2) is 0 Å². The zero-order valence-corrected chi connectivity index (χ0v) is 13.4. The standard InChI is InChI=1S/C16H21N5O2/c1-12-20-14(10-15(21-12)18-8-5-9-23-2)16(22)19-11-13-6-3-4-7-17-13/h3-4,6-7,10H,5,8-9,11H2,1-2H3,(H,19,22)(H,18,20,21). The van der Waals surface area contributed by atoms with Crippen molar-refractivity contribution in [2.75, 3.05) is 25.6 Å². The van der Waals surface area contributed by atoms with Crippen LogP contribution in [0.2, 0.25) is 0 Å². The number of aryl methyl sites for hydroxylation is 1. The average molecular weight is 315 g/mol. The van der Waals surface area contributed by atoms with Gasteiger partial charge in [-0.15, -0.1) is 0 Å². The van der Waals surface area contributed by atoms with Gasteiger partial charge in [0.05, 0.1) is 12.2 Å². The molecule has 0 radical (unpaired) electrons. The highest BCUT2D eigenvalue weighted by molar-refractivity contribution is 5.92. The number of methoxy groups -OCH3 is 1. The van der Waals surface area contributed by atoms with Gasteiger partial charge in [-0.05, 0) is 25.5 Å². The molecule has 2 aromatic rings. The number of aromatic nitrogens is 3. The van der Waals surface area contributed by atoms with Crippen LogP contribution in [0, 0.1) is 6.92 Å². The average Bonchev–Trinajstić information content (AvgIpc) is 2.57. The van der Waals surface area contributed by atoms with Crippen LogP contribution in [0.1, 0.15) is 28.4 Å². The van der Waals surface area contributed by atoms with Crippen molar-refractivity contribution in [2.45, 2.75) is 19.9 Å². The molecular weight excluding hydrogens is 294 g/mol. The van der Waals surface area contributed by atoms with Crippen LogP contribution in [0.4, 0.5) is 5.82 Å². The number of pyridine rings is 1. The predicted molar refractivity (Wildman–Crippen MR) is 87.2 cm³/mol. The smallest absolute Gasteiger partial charge is 0.270 e. The third-order valence-electron chi connectivity index (χ3n) is 3.06. The number of nitrogens with zero attached hydrogens (tertiary/aromatic N) is 3. The Bertz CT molecular complexity index is 634. The van der Waals surface area contributed by atoms with E-state index >= 15 is 0 Å². The molecule has 0 aliphatic carbocycles. The van der Waals surface area contributed by atoms with Crippen molar-refractivity contribution in [1.29, 1.82) is 0 Å². The minimum Gasteiger partial charge on any atom is -0.385 e. The number of anilines is 1. The summed E-state index contributed by atoms with van der Waals surface area (Å²) in [4.78, 5) is 24.8. The topological polar surface area (TPSA) is 89.0 Å². The highest BCUT2D eigenvalue weighted by atomic mass is 16.5. The fourth-order valence-corrected chi connectivity index (χ4v) is 1.97. The first-order valence-electron chi connectivity index (χ1n) is 7.45. The lowest BCUT2D eigenvalue weighted by atomic mass is 10.3. The molecule has 0 aromatic carbocycles. The first-order valence-corrected chi connectivity index (χ1v) is 7.45. The predicted octanol–water partition coefficient (Wildman–Crippen LogP) is 1.56. The van der Waals surface area contributed by atoms with Crippen molar-refractivity contribution in [3.05, 3.63) is 47.7 Å². The second-order valence-corrected chi connectivity index (χ2v) is 4.96. The summed E-state index contributed by atoms with van der Waals surface area (Å²) in [6.45, 7) is 3.52. The van der Waals surface area contributed by atoms with Crippen LogP contribution in [0.25, 0.3) is 0 Å². The number of hydrogen-bond acceptors (Lipinski definition) is 6. The summed E-state index contributed by atoms with van der Waals surface area (Å²) >= 11 is 0. The minimum atomic E-state index is -0.249. The zero-order chi connectivity index (χ0) is 16.5. The Labute approximate surface area is 135 Å². The molecular formula is C16H21N5O2. The Kier molecular flexibility index (Phi) is 6.43. The molecule has 0 bridgehead atoms. The lowest BCUT2D eigenvalue weighted by molar-refractivity contribution is 0.0945. The maximum absolute atomic E-state index is 12.2. The van der Waals surface area contributed by atoms with Crippen LogP contribution in [0.3, 0.4) is 0 Å². The molecule has 2 heterocycles. The van der Waals surface area contributed by atoms with Gasteiger partial charge in [0.1, 0.15) is 17.3 Å². The van der Waals surface area contributed by atoms with Gasteiger partial charge in [0.2, 0.25) is 0 Å². The number of ether oxygens (including phenoxy) is 1. The SMILES string of the molecule is COCCCNc1cc(C(=O)NCc2ccccn2)nc(C)n1. The number of carbonyl (C=O) groups is 1. The van der Waals surface area contributed by atoms with Crippen LogP contribution < -0.4 is 10.6 Å². The van der Waals surface area contributed by atoms with Gasteiger partial charge in [-0.1, -0.05) is 6.07 Å². The molecule has 2 rings (SSSR count). The van der Waals surface area contributed by atoms with Gasteiger partial charge >= 0.3 is 0 Å². The first-order chi connectivity index (χ1) is 11.2. The third-order valence-corrected chi connectivity index (χ3v) is 3.06. The van der Waals surface area contributed by atoms with E-state index in [2.05, 4.69) is 25.6 Å². The van der Waals surface area contributed by atoms with Crippen molar-refractivity contribution in [3.8, 4) is 0 Å². The van der Waals surface area contributed by atoms with Gasteiger partial charge in [0, 0.05) is 32.5 Å². The van der Waals surface area contributed by atoms with E-state index in [1.807, 2.05) is 18.2 Å². The lowest BCUT2D eigenvalue weighted by Gasteiger charge is -2.09. The zero-order valence-electron chi connectivity index (χ0n) is 13.4. The molecule has 2 N–H and O–H groups in total. The monoisotopic (exact) mass is 315 g/mol. The van der Waals surface area contributed by atoms with Crippen molar-refractivity contribution < 1.29 is 9.53 Å². The van der Waals surface area contributed by atoms with E-state index < -0.39 is 0 Å². The summed E-state index contributed by atoms with van der Waals surface area (Å²) in [6, 6.07) is 7.22. The first kappa shape index (κ1) is 16.8. The Hall–Kier alpha value is -2.54. The van der Waals surface area contributed by atoms with Gasteiger partial charge in [-0.25, -0.2) is 9.97 Å². The van der Waals surface area contributed by atoms with Crippen LogP contribution in [0.5, 0.6) is 0 Å². The van der Waals surface area contributed by atoms with E-state index in [1.165, 1.54) is 0 Å². The van der Waals surface area contributed by atoms with Gasteiger partial charge in [-0.2, -0.15) is 0 Å². The maximum Gasteiger partial charge on any atom is 0.270 e. The quantitative estimate of drug-likeness (QED) is 0.719. The molecule has 0 aliphatic heterocycles. The lowest BCUT2D eigenvalue weighted by Crippen LogP contribution is -2.25. The second-order valence-electron chi connectivity index (χ2n) is 4.96. The van der Waals surface area contributed by atoms with Crippen LogP contribution in [-0.4, -0.2) is 41.1 Å². The Balaban J connectivity index is 1.95. The minimum absolute atomic E-state index is 0.249. The molecule has 0 atom stereocenters. The summed E-state index contributed by atoms with van der Waals surface area (Å²) in [5, 5.41) is 5.97. The fraction of sp³-hybridized carbons (Fsp3) is 0.375. The third kappa shape index (κ3) is 5.63. The summed E-state index contributed by atoms with van der Waals surface area (Å²) in [7, 11) is 1.67. The number of carbonyl (C=O) groups excluding carboxylic acids is 1. The Morgan fingerprint density at radius 1 is 1.30 bits per heavy atom. The van der Waals surface area contributed by atoms with Crippen LogP contribution in [-0.2, 0) is 11.3 Å². The number of nitrogens with one attached hydrogen (secondary N) is 2. The number of hydrogen-bond donors (Lipinski definition) is 2. The van der Waals surface area contributed by atoms with E-state index in [4.69, 9.17) is 4.74 Å². The Morgan fingerprint density at radius 2 is 2.17 bits per heavy atom. The normalized spacial score (nSPS) is 10.3. The molecule has 0 spiro atoms. The number of rotatable bonds is 8. The maximum atomic E-state index is 12.2. The van der Waals surface area contributed by atoms with E-state index in [0.29, 0.717) is 30.5 Å². The molecule has 0 saturated heterocycles. The molecule has 2 aromatic heterocycles. The van der Waals surface area contributed by atoms with E-state index in [9.17, 15) is 4.79 Å². The van der Waals surface area contributed by atoms with Crippen molar-refractivity contribution >= 4 is 11.7 Å². The highest BCUT2D eigenvalue weighted by Gasteiger charge is 2.10. The van der Waals surface area contributed by atoms with Gasteiger partial charge < -0.3 is 15.4 Å². The van der Waals surface area contributed by atoms with Crippen molar-refractivity contribution in [3.63, 3.8) is 0 Å². The molecule has 7 nitrogen and oxygen atoms in total. The summed E-state index contributed by atoms with van der Waals surface area (Å²) in [5.41, 5.74) is 1.13. The molecule has 0 saturated carbocycles. The molecule has 0 unspecified atom stereocenters. The largest absolute Gasteiger partial charge is 0.385 e. The van der Waals surface area contributed by atoms with Crippen molar-refractivity contribution in [2.24, 2.45) is 0 Å². The van der Waals surface area contributed by atoms with Gasteiger partial charge in [-0.3, -0.25) is 9.78 Å². The van der Waals surface area contributed by atoms with Crippen LogP contribution in [0.15, 0.2) is 30.5 Å². The highest BCUT2D eigenvalue weighted by Crippen LogP contribution is 2.07. The van der Waals surface area contributed by atoms with E-state index in [0.717, 1.165) is 18.7 Å². The second kappa shape index (κ2) is 8.79. The molecule has 1 amide bonds. The number of amides is 1. The fourth-order valence-electron chi connectivity index (χ4n) is 1.97. The molecule has 23 heavy (non-hydrogen) atoms. The summed E-state index contributed by atoms with van der Waals surface area (Å²) in [5.74, 6) is 0.933. The van der Waals surface area contributed by atoms with E-state index in [-0.39, 0.29) is 5.91 Å². The molecule has 7 heteroatoms. The molecule has 0 aliphatic rings. The van der Waals surface area contributed by atoms with Crippen LogP contribution >= 0.6 is 0 Å². The van der Waals surface area contributed by atoms with E-state index in [1.54, 1.807) is 26.3 Å². The summed E-state index contributed by atoms with van der Waals surface area (Å²) in [6.07, 6.45) is 2.55. The molecule has 122 valence electrons.